The van der Waals surface area contributed by atoms with Crippen LogP contribution in [0.5, 0.6) is 0 Å². The highest BCUT2D eigenvalue weighted by molar-refractivity contribution is 5.57. The van der Waals surface area contributed by atoms with Gasteiger partial charge in [0.1, 0.15) is 6.07 Å². The zero-order valence-corrected chi connectivity index (χ0v) is 9.24. The van der Waals surface area contributed by atoms with Crippen molar-refractivity contribution in [1.29, 1.82) is 5.26 Å². The minimum absolute atomic E-state index is 0.252. The first kappa shape index (κ1) is 11.0. The van der Waals surface area contributed by atoms with Gasteiger partial charge in [-0.25, -0.2) is 0 Å². The summed E-state index contributed by atoms with van der Waals surface area (Å²) in [5.74, 6) is 0. The second-order valence-corrected chi connectivity index (χ2v) is 4.48. The van der Waals surface area contributed by atoms with E-state index in [1.165, 1.54) is 12.8 Å². The fraction of sp³-hybridized carbons (Fsp3) is 0.462. The van der Waals surface area contributed by atoms with Gasteiger partial charge in [0.25, 0.3) is 0 Å². The topological polar surface area (TPSA) is 56.0 Å². The number of para-hydroxylation sites is 1. The molecular weight excluding hydrogens is 200 g/mol. The number of anilines is 1. The number of aliphatic hydroxyl groups is 1. The van der Waals surface area contributed by atoms with Gasteiger partial charge in [-0.3, -0.25) is 0 Å². The van der Waals surface area contributed by atoms with Crippen LogP contribution in [0, 0.1) is 16.7 Å². The van der Waals surface area contributed by atoms with Crippen LogP contribution in [0.1, 0.15) is 24.8 Å². The van der Waals surface area contributed by atoms with Gasteiger partial charge in [0.15, 0.2) is 0 Å². The normalized spacial score (nSPS) is 16.5. The molecule has 0 unspecified atom stereocenters. The molecule has 1 saturated carbocycles. The Balaban J connectivity index is 1.97. The molecule has 2 N–H and O–H groups in total. The van der Waals surface area contributed by atoms with Gasteiger partial charge in [-0.05, 0) is 36.8 Å². The molecule has 3 heteroatoms. The third-order valence-electron chi connectivity index (χ3n) is 3.30. The van der Waals surface area contributed by atoms with Gasteiger partial charge in [-0.15, -0.1) is 0 Å². The van der Waals surface area contributed by atoms with Crippen molar-refractivity contribution in [2.75, 3.05) is 18.5 Å². The number of nitriles is 1. The van der Waals surface area contributed by atoms with Gasteiger partial charge in [-0.2, -0.15) is 5.26 Å². The predicted octanol–water partition coefficient (Wildman–Crippen LogP) is 2.13. The van der Waals surface area contributed by atoms with Gasteiger partial charge in [0.2, 0.25) is 0 Å². The molecule has 1 aliphatic rings. The van der Waals surface area contributed by atoms with Crippen LogP contribution in [-0.2, 0) is 0 Å². The van der Waals surface area contributed by atoms with Gasteiger partial charge < -0.3 is 10.4 Å². The van der Waals surface area contributed by atoms with Gasteiger partial charge in [0.05, 0.1) is 11.3 Å². The van der Waals surface area contributed by atoms with Gasteiger partial charge in [-0.1, -0.05) is 12.1 Å². The number of aliphatic hydroxyl groups excluding tert-OH is 1. The van der Waals surface area contributed by atoms with Crippen molar-refractivity contribution in [3.63, 3.8) is 0 Å². The van der Waals surface area contributed by atoms with Crippen molar-refractivity contribution in [2.45, 2.75) is 19.3 Å². The summed E-state index contributed by atoms with van der Waals surface area (Å²) in [4.78, 5) is 0. The molecule has 0 atom stereocenters. The highest BCUT2D eigenvalue weighted by Gasteiger charge is 2.41. The lowest BCUT2D eigenvalue weighted by atomic mass is 10.0. The minimum atomic E-state index is 0.252. The molecule has 0 bridgehead atoms. The van der Waals surface area contributed by atoms with Crippen LogP contribution < -0.4 is 5.32 Å². The number of rotatable bonds is 5. The van der Waals surface area contributed by atoms with Crippen LogP contribution in [0.25, 0.3) is 0 Å². The molecule has 1 fully saturated rings. The summed E-state index contributed by atoms with van der Waals surface area (Å²) >= 11 is 0. The molecular formula is C13H16N2O. The van der Waals surface area contributed by atoms with E-state index in [1.807, 2.05) is 24.3 Å². The maximum absolute atomic E-state index is 8.96. The van der Waals surface area contributed by atoms with Gasteiger partial charge >= 0.3 is 0 Å². The quantitative estimate of drug-likeness (QED) is 0.792. The van der Waals surface area contributed by atoms with Crippen LogP contribution in [0.3, 0.4) is 0 Å². The summed E-state index contributed by atoms with van der Waals surface area (Å²) < 4.78 is 0. The Hall–Kier alpha value is -1.53. The van der Waals surface area contributed by atoms with Crippen LogP contribution in [0.15, 0.2) is 24.3 Å². The van der Waals surface area contributed by atoms with Gasteiger partial charge in [0, 0.05) is 13.2 Å². The summed E-state index contributed by atoms with van der Waals surface area (Å²) in [6.45, 7) is 1.10. The summed E-state index contributed by atoms with van der Waals surface area (Å²) in [5.41, 5.74) is 1.86. The van der Waals surface area contributed by atoms with Crippen molar-refractivity contribution >= 4 is 5.69 Å². The smallest absolute Gasteiger partial charge is 0.101 e. The molecule has 1 aliphatic carbocycles. The second kappa shape index (κ2) is 4.54. The summed E-state index contributed by atoms with van der Waals surface area (Å²) in [6, 6.07) is 9.70. The molecule has 3 nitrogen and oxygen atoms in total. The monoisotopic (exact) mass is 216 g/mol. The van der Waals surface area contributed by atoms with E-state index < -0.39 is 0 Å². The largest absolute Gasteiger partial charge is 0.396 e. The van der Waals surface area contributed by atoms with E-state index in [2.05, 4.69) is 11.4 Å². The third kappa shape index (κ3) is 2.34. The third-order valence-corrected chi connectivity index (χ3v) is 3.30. The fourth-order valence-electron chi connectivity index (χ4n) is 1.95. The first-order chi connectivity index (χ1) is 7.79. The number of hydrogen-bond acceptors (Lipinski definition) is 3. The summed E-state index contributed by atoms with van der Waals surface area (Å²) in [6.07, 6.45) is 3.21. The molecule has 16 heavy (non-hydrogen) atoms. The molecule has 84 valence electrons. The van der Waals surface area contributed by atoms with E-state index in [0.717, 1.165) is 18.7 Å². The lowest BCUT2D eigenvalue weighted by Gasteiger charge is -2.16. The minimum Gasteiger partial charge on any atom is -0.396 e. The highest BCUT2D eigenvalue weighted by atomic mass is 16.3. The standard InChI is InChI=1S/C13H16N2O/c14-9-11-3-1-2-4-12(11)15-10-13(5-6-13)7-8-16/h1-4,15-16H,5-8,10H2. The van der Waals surface area contributed by atoms with Crippen LogP contribution >= 0.6 is 0 Å². The Labute approximate surface area is 95.7 Å². The zero-order chi connectivity index (χ0) is 11.4. The Morgan fingerprint density at radius 3 is 2.75 bits per heavy atom. The van der Waals surface area contributed by atoms with E-state index in [0.29, 0.717) is 5.56 Å². The van der Waals surface area contributed by atoms with Crippen molar-refractivity contribution in [2.24, 2.45) is 5.41 Å². The molecule has 0 radical (unpaired) electrons. The predicted molar refractivity (Wildman–Crippen MR) is 63.0 cm³/mol. The maximum atomic E-state index is 8.96. The number of nitrogens with one attached hydrogen (secondary N) is 1. The molecule has 0 heterocycles. The lowest BCUT2D eigenvalue weighted by Crippen LogP contribution is -2.17. The zero-order valence-electron chi connectivity index (χ0n) is 9.24. The molecule has 0 aromatic heterocycles. The number of nitrogens with zero attached hydrogens (tertiary/aromatic N) is 1. The van der Waals surface area contributed by atoms with E-state index in [4.69, 9.17) is 10.4 Å². The molecule has 1 aromatic carbocycles. The molecule has 0 aliphatic heterocycles. The first-order valence-electron chi connectivity index (χ1n) is 5.63. The van der Waals surface area contributed by atoms with Crippen LogP contribution in [0.4, 0.5) is 5.69 Å². The Morgan fingerprint density at radius 1 is 1.38 bits per heavy atom. The maximum Gasteiger partial charge on any atom is 0.101 e. The van der Waals surface area contributed by atoms with Crippen molar-refractivity contribution in [3.8, 4) is 6.07 Å². The Kier molecular flexibility index (Phi) is 3.12. The first-order valence-corrected chi connectivity index (χ1v) is 5.63. The Bertz CT molecular complexity index is 405. The van der Waals surface area contributed by atoms with Crippen LogP contribution in [0.2, 0.25) is 0 Å². The van der Waals surface area contributed by atoms with Crippen molar-refractivity contribution < 1.29 is 5.11 Å². The fourth-order valence-corrected chi connectivity index (χ4v) is 1.95. The molecule has 0 spiro atoms. The van der Waals surface area contributed by atoms with E-state index in [9.17, 15) is 0 Å². The Morgan fingerprint density at radius 2 is 2.12 bits per heavy atom. The summed E-state index contributed by atoms with van der Waals surface area (Å²) in [5, 5.41) is 21.2. The second-order valence-electron chi connectivity index (χ2n) is 4.48. The average Bonchev–Trinajstić information content (AvgIpc) is 3.08. The van der Waals surface area contributed by atoms with E-state index in [-0.39, 0.29) is 12.0 Å². The SMILES string of the molecule is N#Cc1ccccc1NCC1(CCO)CC1. The molecule has 0 saturated heterocycles. The van der Waals surface area contributed by atoms with Crippen molar-refractivity contribution in [3.05, 3.63) is 29.8 Å². The molecule has 0 amide bonds. The molecule has 2 rings (SSSR count). The average molecular weight is 216 g/mol. The molecule has 1 aromatic rings. The number of hydrogen-bond donors (Lipinski definition) is 2. The summed E-state index contributed by atoms with van der Waals surface area (Å²) in [7, 11) is 0. The van der Waals surface area contributed by atoms with E-state index in [1.54, 1.807) is 0 Å². The number of benzene rings is 1. The highest BCUT2D eigenvalue weighted by Crippen LogP contribution is 2.48. The lowest BCUT2D eigenvalue weighted by molar-refractivity contribution is 0.253. The van der Waals surface area contributed by atoms with Crippen LogP contribution in [-0.4, -0.2) is 18.3 Å². The van der Waals surface area contributed by atoms with E-state index >= 15 is 0 Å². The van der Waals surface area contributed by atoms with Crippen molar-refractivity contribution in [1.82, 2.24) is 0 Å².